The zero-order valence-corrected chi connectivity index (χ0v) is 11.0. The zero-order valence-electron chi connectivity index (χ0n) is 10.3. The summed E-state index contributed by atoms with van der Waals surface area (Å²) in [4.78, 5) is 6.78. The molecule has 1 N–H and O–H groups in total. The third kappa shape index (κ3) is 5.17. The third-order valence-electron chi connectivity index (χ3n) is 2.19. The van der Waals surface area contributed by atoms with E-state index in [1.165, 1.54) is 14.2 Å². The molecule has 0 amide bonds. The highest BCUT2D eigenvalue weighted by Gasteiger charge is 2.33. The highest BCUT2D eigenvalue weighted by molar-refractivity contribution is 6.28. The normalized spacial score (nSPS) is 13.4. The second-order valence-electron chi connectivity index (χ2n) is 3.60. The minimum absolute atomic E-state index is 0.0227. The Morgan fingerprint density at radius 2 is 2.05 bits per heavy atom. The molecule has 19 heavy (non-hydrogen) atoms. The topological polar surface area (TPSA) is 56.3 Å². The molecule has 1 atom stereocenters. The van der Waals surface area contributed by atoms with Crippen LogP contribution in [-0.2, 0) is 15.7 Å². The number of aromatic nitrogens is 2. The Hall–Kier alpha value is -1.12. The van der Waals surface area contributed by atoms with Gasteiger partial charge in [0.1, 0.15) is 5.82 Å². The van der Waals surface area contributed by atoms with Crippen LogP contribution in [0.1, 0.15) is 5.69 Å². The molecule has 0 aliphatic rings. The van der Waals surface area contributed by atoms with E-state index in [4.69, 9.17) is 21.1 Å². The summed E-state index contributed by atoms with van der Waals surface area (Å²) >= 11 is 5.45. The standard InChI is InChI=1S/C10H13ClF3N3O2/c1-18-5-6(19-2)4-15-8-3-7(10(12,13)14)16-9(11)17-8/h3,6H,4-5H2,1-2H3,(H,15,16,17). The quantitative estimate of drug-likeness (QED) is 0.816. The fourth-order valence-electron chi connectivity index (χ4n) is 1.27. The largest absolute Gasteiger partial charge is 0.433 e. The molecule has 1 heterocycles. The summed E-state index contributed by atoms with van der Waals surface area (Å²) in [6.07, 6.45) is -4.89. The predicted molar refractivity (Wildman–Crippen MR) is 63.2 cm³/mol. The minimum atomic E-state index is -4.57. The molecule has 0 aliphatic heterocycles. The third-order valence-corrected chi connectivity index (χ3v) is 2.36. The fourth-order valence-corrected chi connectivity index (χ4v) is 1.45. The van der Waals surface area contributed by atoms with Crippen LogP contribution >= 0.6 is 11.6 Å². The summed E-state index contributed by atoms with van der Waals surface area (Å²) < 4.78 is 47.5. The maximum absolute atomic E-state index is 12.5. The van der Waals surface area contributed by atoms with Gasteiger partial charge >= 0.3 is 6.18 Å². The van der Waals surface area contributed by atoms with Crippen molar-refractivity contribution in [2.24, 2.45) is 0 Å². The van der Waals surface area contributed by atoms with Crippen LogP contribution in [0.25, 0.3) is 0 Å². The Bertz CT molecular complexity index is 417. The molecule has 5 nitrogen and oxygen atoms in total. The van der Waals surface area contributed by atoms with Crippen molar-refractivity contribution in [1.82, 2.24) is 9.97 Å². The Morgan fingerprint density at radius 1 is 1.37 bits per heavy atom. The molecule has 0 fully saturated rings. The van der Waals surface area contributed by atoms with Crippen molar-refractivity contribution in [2.75, 3.05) is 32.7 Å². The van der Waals surface area contributed by atoms with Crippen LogP contribution < -0.4 is 5.32 Å². The molecule has 0 saturated carbocycles. The van der Waals surface area contributed by atoms with Gasteiger partial charge in [-0.1, -0.05) is 0 Å². The van der Waals surface area contributed by atoms with Crippen molar-refractivity contribution in [2.45, 2.75) is 12.3 Å². The average Bonchev–Trinajstić information content (AvgIpc) is 2.32. The van der Waals surface area contributed by atoms with E-state index in [0.717, 1.165) is 6.07 Å². The van der Waals surface area contributed by atoms with E-state index in [0.29, 0.717) is 6.61 Å². The van der Waals surface area contributed by atoms with Gasteiger partial charge in [0.2, 0.25) is 5.28 Å². The van der Waals surface area contributed by atoms with Crippen LogP contribution in [0.5, 0.6) is 0 Å². The highest BCUT2D eigenvalue weighted by Crippen LogP contribution is 2.29. The van der Waals surface area contributed by atoms with E-state index < -0.39 is 17.2 Å². The van der Waals surface area contributed by atoms with Gasteiger partial charge in [-0.25, -0.2) is 9.97 Å². The molecular weight excluding hydrogens is 287 g/mol. The van der Waals surface area contributed by atoms with Crippen LogP contribution in [0, 0.1) is 0 Å². The molecule has 108 valence electrons. The molecule has 0 spiro atoms. The number of rotatable bonds is 6. The molecule has 1 aromatic rings. The van der Waals surface area contributed by atoms with Gasteiger partial charge in [-0.05, 0) is 11.6 Å². The maximum Gasteiger partial charge on any atom is 0.433 e. The molecule has 1 aromatic heterocycles. The Balaban J connectivity index is 2.76. The Labute approximate surface area is 113 Å². The molecule has 1 rings (SSSR count). The van der Waals surface area contributed by atoms with Crippen LogP contribution in [0.3, 0.4) is 0 Å². The Kier molecular flexibility index (Phi) is 5.77. The number of ether oxygens (including phenoxy) is 2. The number of hydrogen-bond donors (Lipinski definition) is 1. The van der Waals surface area contributed by atoms with E-state index in [2.05, 4.69) is 15.3 Å². The summed E-state index contributed by atoms with van der Waals surface area (Å²) in [7, 11) is 2.97. The number of alkyl halides is 3. The first-order chi connectivity index (χ1) is 8.86. The van der Waals surface area contributed by atoms with Gasteiger partial charge in [0, 0.05) is 26.8 Å². The Morgan fingerprint density at radius 3 is 2.58 bits per heavy atom. The molecule has 0 aromatic carbocycles. The second-order valence-corrected chi connectivity index (χ2v) is 3.94. The van der Waals surface area contributed by atoms with Crippen molar-refractivity contribution < 1.29 is 22.6 Å². The predicted octanol–water partition coefficient (Wildman–Crippen LogP) is 2.22. The van der Waals surface area contributed by atoms with Crippen LogP contribution in [0.4, 0.5) is 19.0 Å². The fraction of sp³-hybridized carbons (Fsp3) is 0.600. The molecule has 0 bridgehead atoms. The number of anilines is 1. The lowest BCUT2D eigenvalue weighted by Gasteiger charge is -2.16. The molecule has 0 saturated heterocycles. The second kappa shape index (κ2) is 6.88. The summed E-state index contributed by atoms with van der Waals surface area (Å²) in [5.74, 6) is -0.0227. The first-order valence-corrected chi connectivity index (χ1v) is 5.62. The number of halogens is 4. The van der Waals surface area contributed by atoms with E-state index in [9.17, 15) is 13.2 Å². The van der Waals surface area contributed by atoms with Crippen LogP contribution in [-0.4, -0.2) is 43.4 Å². The molecule has 1 unspecified atom stereocenters. The van der Waals surface area contributed by atoms with Crippen LogP contribution in [0.15, 0.2) is 6.07 Å². The number of methoxy groups -OCH3 is 2. The number of hydrogen-bond acceptors (Lipinski definition) is 5. The van der Waals surface area contributed by atoms with Crippen molar-refractivity contribution in [3.8, 4) is 0 Å². The molecule has 0 radical (unpaired) electrons. The maximum atomic E-state index is 12.5. The molecular formula is C10H13ClF3N3O2. The van der Waals surface area contributed by atoms with Crippen molar-refractivity contribution in [1.29, 1.82) is 0 Å². The van der Waals surface area contributed by atoms with E-state index >= 15 is 0 Å². The van der Waals surface area contributed by atoms with Crippen molar-refractivity contribution in [3.63, 3.8) is 0 Å². The lowest BCUT2D eigenvalue weighted by atomic mass is 10.3. The molecule has 9 heteroatoms. The summed E-state index contributed by atoms with van der Waals surface area (Å²) in [6, 6.07) is 0.783. The number of nitrogens with zero attached hydrogens (tertiary/aromatic N) is 2. The zero-order chi connectivity index (χ0) is 14.5. The first-order valence-electron chi connectivity index (χ1n) is 5.24. The van der Waals surface area contributed by atoms with Gasteiger partial charge in [0.05, 0.1) is 12.7 Å². The number of nitrogens with one attached hydrogen (secondary N) is 1. The van der Waals surface area contributed by atoms with Gasteiger partial charge in [0.15, 0.2) is 5.69 Å². The van der Waals surface area contributed by atoms with Gasteiger partial charge in [0.25, 0.3) is 0 Å². The van der Waals surface area contributed by atoms with Gasteiger partial charge in [-0.15, -0.1) is 0 Å². The van der Waals surface area contributed by atoms with E-state index in [-0.39, 0.29) is 18.5 Å². The smallest absolute Gasteiger partial charge is 0.382 e. The summed E-state index contributed by atoms with van der Waals surface area (Å²) in [5, 5.41) is 2.22. The lowest BCUT2D eigenvalue weighted by molar-refractivity contribution is -0.141. The van der Waals surface area contributed by atoms with Crippen molar-refractivity contribution >= 4 is 17.4 Å². The highest BCUT2D eigenvalue weighted by atomic mass is 35.5. The SMILES string of the molecule is COCC(CNc1cc(C(F)(F)F)nc(Cl)n1)OC. The summed E-state index contributed by atoms with van der Waals surface area (Å²) in [6.45, 7) is 0.531. The van der Waals surface area contributed by atoms with Crippen LogP contribution in [0.2, 0.25) is 5.28 Å². The monoisotopic (exact) mass is 299 g/mol. The lowest BCUT2D eigenvalue weighted by Crippen LogP contribution is -2.27. The summed E-state index contributed by atoms with van der Waals surface area (Å²) in [5.41, 5.74) is -1.10. The van der Waals surface area contributed by atoms with Crippen molar-refractivity contribution in [3.05, 3.63) is 17.0 Å². The van der Waals surface area contributed by atoms with Gasteiger partial charge < -0.3 is 14.8 Å². The minimum Gasteiger partial charge on any atom is -0.382 e. The average molecular weight is 300 g/mol. The van der Waals surface area contributed by atoms with E-state index in [1.807, 2.05) is 0 Å². The van der Waals surface area contributed by atoms with Gasteiger partial charge in [-0.3, -0.25) is 0 Å². The molecule has 0 aliphatic carbocycles. The van der Waals surface area contributed by atoms with E-state index in [1.54, 1.807) is 0 Å². The van der Waals surface area contributed by atoms with Gasteiger partial charge in [-0.2, -0.15) is 13.2 Å². The first kappa shape index (κ1) is 15.9.